The lowest BCUT2D eigenvalue weighted by Crippen LogP contribution is -2.47. The fourth-order valence-corrected chi connectivity index (χ4v) is 10.7. The van der Waals surface area contributed by atoms with E-state index in [1.54, 1.807) is 0 Å². The van der Waals surface area contributed by atoms with Crippen molar-refractivity contribution in [1.82, 2.24) is 5.32 Å². The Morgan fingerprint density at radius 1 is 0.412 bits per heavy atom. The van der Waals surface area contributed by atoms with Gasteiger partial charge in [-0.2, -0.15) is 0 Å². The highest BCUT2D eigenvalue weighted by molar-refractivity contribution is 7.47. The van der Waals surface area contributed by atoms with E-state index in [2.05, 4.69) is 111 Å². The number of nitrogens with one attached hydrogen (secondary N) is 1. The number of hydrogen-bond donors (Lipinski definition) is 2. The van der Waals surface area contributed by atoms with Crippen molar-refractivity contribution in [2.45, 2.75) is 328 Å². The molecule has 0 aromatic heterocycles. The van der Waals surface area contributed by atoms with Crippen molar-refractivity contribution < 1.29 is 37.3 Å². The standard InChI is InChI=1S/C75H135N2O7P/c1-7-10-13-16-19-22-25-28-30-32-34-36-37-38-39-41-43-45-47-50-53-56-59-62-65-68-75(79)84-73(66-63-60-57-54-51-48-27-24-21-18-15-12-9-3)72(71-83-85(80,81)82-70-69-77(4,5)6)76-74(78)67-64-61-58-55-52-49-46-44-42-40-35-33-31-29-26-23-20-17-14-11-8-2/h19-20,22-23,28-31,34-36,40,44,46,63,66,72-73H,7-18,21,24-27,32-33,37-39,41-43,45,47-62,64-65,67-71H2,1-6H3,(H-,76,78,80,81)/p+1/b22-19-,23-20-,30-28-,31-29-,36-34-,40-35-,46-44-,66-63+. The molecule has 0 saturated heterocycles. The Balaban J connectivity index is 5.16. The number of amides is 1. The van der Waals surface area contributed by atoms with E-state index >= 15 is 0 Å². The number of hydrogen-bond acceptors (Lipinski definition) is 6. The summed E-state index contributed by atoms with van der Waals surface area (Å²) >= 11 is 0. The van der Waals surface area contributed by atoms with Crippen molar-refractivity contribution in [3.8, 4) is 0 Å². The minimum atomic E-state index is -4.47. The van der Waals surface area contributed by atoms with Crippen LogP contribution in [-0.2, 0) is 27.9 Å². The number of likely N-dealkylation sites (N-methyl/N-ethyl adjacent to an activating group) is 1. The number of quaternary nitrogens is 1. The molecule has 0 rings (SSSR count). The summed E-state index contributed by atoms with van der Waals surface area (Å²) in [5.74, 6) is -0.524. The van der Waals surface area contributed by atoms with Gasteiger partial charge < -0.3 is 19.4 Å². The van der Waals surface area contributed by atoms with Gasteiger partial charge in [-0.1, -0.05) is 285 Å². The van der Waals surface area contributed by atoms with Gasteiger partial charge in [-0.3, -0.25) is 18.6 Å². The first-order valence-electron chi connectivity index (χ1n) is 35.6. The first kappa shape index (κ1) is 81.9. The summed E-state index contributed by atoms with van der Waals surface area (Å²) in [6.45, 7) is 6.96. The smallest absolute Gasteiger partial charge is 0.456 e. The van der Waals surface area contributed by atoms with Crippen molar-refractivity contribution in [3.63, 3.8) is 0 Å². The molecule has 492 valence electrons. The van der Waals surface area contributed by atoms with Crippen LogP contribution in [0.2, 0.25) is 0 Å². The van der Waals surface area contributed by atoms with E-state index < -0.39 is 20.0 Å². The maximum absolute atomic E-state index is 13.6. The molecular weight excluding hydrogens is 1070 g/mol. The predicted molar refractivity (Wildman–Crippen MR) is 369 cm³/mol. The van der Waals surface area contributed by atoms with E-state index in [1.807, 2.05) is 33.3 Å². The summed E-state index contributed by atoms with van der Waals surface area (Å²) in [6.07, 6.45) is 86.9. The Morgan fingerprint density at radius 3 is 1.09 bits per heavy atom. The third kappa shape index (κ3) is 65.2. The number of esters is 1. The molecule has 85 heavy (non-hydrogen) atoms. The number of phosphoric ester groups is 1. The highest BCUT2D eigenvalue weighted by Crippen LogP contribution is 2.43. The average molecular weight is 1210 g/mol. The molecule has 0 fully saturated rings. The molecule has 10 heteroatoms. The SMILES string of the molecule is CCCCC/C=C\C/C=C\C/C=C\C/C=C\CCCCCCCC(=O)NC(COP(=O)(O)OCC[N+](C)(C)C)C(/C=C/CCCCCCCCCCCCC)OC(=O)CCCCCCCCCCCCCC/C=C\C/C=C\C/C=C\CCCCC. The van der Waals surface area contributed by atoms with Crippen LogP contribution in [0, 0.1) is 0 Å². The zero-order chi connectivity index (χ0) is 62.1. The molecule has 0 aromatic carbocycles. The van der Waals surface area contributed by atoms with Gasteiger partial charge in [0.2, 0.25) is 5.91 Å². The number of unbranched alkanes of at least 4 members (excludes halogenated alkanes) is 34. The second kappa shape index (κ2) is 63.9. The summed E-state index contributed by atoms with van der Waals surface area (Å²) in [7, 11) is 1.48. The molecule has 3 atom stereocenters. The zero-order valence-electron chi connectivity index (χ0n) is 56.3. The van der Waals surface area contributed by atoms with E-state index in [1.165, 1.54) is 173 Å². The summed E-state index contributed by atoms with van der Waals surface area (Å²) < 4.78 is 30.8. The van der Waals surface area contributed by atoms with Crippen LogP contribution in [0.4, 0.5) is 0 Å². The number of carbonyl (C=O) groups is 2. The van der Waals surface area contributed by atoms with Crippen LogP contribution in [0.25, 0.3) is 0 Å². The van der Waals surface area contributed by atoms with Crippen molar-refractivity contribution >= 4 is 19.7 Å². The minimum absolute atomic E-state index is 0.0324. The molecule has 0 aromatic rings. The molecule has 2 N–H and O–H groups in total. The van der Waals surface area contributed by atoms with Gasteiger partial charge in [0, 0.05) is 12.8 Å². The topological polar surface area (TPSA) is 111 Å². The van der Waals surface area contributed by atoms with Gasteiger partial charge in [-0.25, -0.2) is 4.57 Å². The second-order valence-corrected chi connectivity index (χ2v) is 26.5. The maximum atomic E-state index is 13.6. The first-order chi connectivity index (χ1) is 41.4. The molecule has 0 aliphatic heterocycles. The molecule has 0 aliphatic carbocycles. The zero-order valence-corrected chi connectivity index (χ0v) is 57.2. The van der Waals surface area contributed by atoms with Crippen LogP contribution in [0.15, 0.2) is 97.2 Å². The largest absolute Gasteiger partial charge is 0.472 e. The number of phosphoric acid groups is 1. The lowest BCUT2D eigenvalue weighted by Gasteiger charge is -2.27. The normalized spacial score (nSPS) is 14.1. The Hall–Kier alpha value is -3.07. The Kier molecular flexibility index (Phi) is 61.6. The van der Waals surface area contributed by atoms with Crippen LogP contribution in [-0.4, -0.2) is 74.3 Å². The lowest BCUT2D eigenvalue weighted by atomic mass is 10.0. The summed E-state index contributed by atoms with van der Waals surface area (Å²) in [4.78, 5) is 37.9. The van der Waals surface area contributed by atoms with Crippen molar-refractivity contribution in [3.05, 3.63) is 97.2 Å². The molecule has 3 unspecified atom stereocenters. The first-order valence-corrected chi connectivity index (χ1v) is 37.1. The molecule has 0 aliphatic rings. The van der Waals surface area contributed by atoms with Gasteiger partial charge in [-0.05, 0) is 115 Å². The Labute approximate surface area is 526 Å². The number of carbonyl (C=O) groups excluding carboxylic acids is 2. The van der Waals surface area contributed by atoms with E-state index in [4.69, 9.17) is 13.8 Å². The molecule has 0 spiro atoms. The summed E-state index contributed by atoms with van der Waals surface area (Å²) in [5, 5.41) is 3.06. The van der Waals surface area contributed by atoms with Crippen LogP contribution in [0.5, 0.6) is 0 Å². The third-order valence-electron chi connectivity index (χ3n) is 15.5. The highest BCUT2D eigenvalue weighted by atomic mass is 31.2. The van der Waals surface area contributed by atoms with Crippen LogP contribution >= 0.6 is 7.82 Å². The third-order valence-corrected chi connectivity index (χ3v) is 16.5. The molecule has 9 nitrogen and oxygen atoms in total. The van der Waals surface area contributed by atoms with E-state index in [9.17, 15) is 19.0 Å². The molecular formula is C75H136N2O7P+. The minimum Gasteiger partial charge on any atom is -0.456 e. The molecule has 0 heterocycles. The molecule has 0 radical (unpaired) electrons. The lowest BCUT2D eigenvalue weighted by molar-refractivity contribution is -0.870. The van der Waals surface area contributed by atoms with Crippen molar-refractivity contribution in [2.75, 3.05) is 40.9 Å². The fourth-order valence-electron chi connectivity index (χ4n) is 9.99. The van der Waals surface area contributed by atoms with Gasteiger partial charge in [0.15, 0.2) is 0 Å². The van der Waals surface area contributed by atoms with Gasteiger partial charge in [0.1, 0.15) is 19.3 Å². The number of ether oxygens (including phenoxy) is 1. The quantitative estimate of drug-likeness (QED) is 0.0205. The summed E-state index contributed by atoms with van der Waals surface area (Å²) in [5.41, 5.74) is 0. The Morgan fingerprint density at radius 2 is 0.718 bits per heavy atom. The van der Waals surface area contributed by atoms with Gasteiger partial charge in [0.25, 0.3) is 0 Å². The Bertz CT molecular complexity index is 1780. The van der Waals surface area contributed by atoms with Crippen molar-refractivity contribution in [1.29, 1.82) is 0 Å². The average Bonchev–Trinajstić information content (AvgIpc) is 3.50. The predicted octanol–water partition coefficient (Wildman–Crippen LogP) is 22.7. The van der Waals surface area contributed by atoms with E-state index in [-0.39, 0.29) is 31.5 Å². The fraction of sp³-hybridized carbons (Fsp3) is 0.760. The van der Waals surface area contributed by atoms with Crippen molar-refractivity contribution in [2.24, 2.45) is 0 Å². The number of nitrogens with zero attached hydrogens (tertiary/aromatic N) is 1. The number of rotatable bonds is 64. The van der Waals surface area contributed by atoms with Gasteiger partial charge in [0.05, 0.1) is 33.8 Å². The molecule has 0 saturated carbocycles. The number of allylic oxidation sites excluding steroid dienone is 15. The maximum Gasteiger partial charge on any atom is 0.472 e. The monoisotopic (exact) mass is 1210 g/mol. The van der Waals surface area contributed by atoms with Gasteiger partial charge >= 0.3 is 13.8 Å². The van der Waals surface area contributed by atoms with Crippen LogP contribution in [0.1, 0.15) is 316 Å². The molecule has 0 bridgehead atoms. The van der Waals surface area contributed by atoms with Crippen LogP contribution < -0.4 is 5.32 Å². The second-order valence-electron chi connectivity index (χ2n) is 25.0. The highest BCUT2D eigenvalue weighted by Gasteiger charge is 2.30. The van der Waals surface area contributed by atoms with Gasteiger partial charge in [-0.15, -0.1) is 0 Å². The summed E-state index contributed by atoms with van der Waals surface area (Å²) in [6, 6.07) is -0.865. The van der Waals surface area contributed by atoms with E-state index in [0.29, 0.717) is 17.4 Å². The van der Waals surface area contributed by atoms with Crippen LogP contribution in [0.3, 0.4) is 0 Å². The molecule has 1 amide bonds. The van der Waals surface area contributed by atoms with E-state index in [0.717, 1.165) is 109 Å².